The molecule has 0 bridgehead atoms. The van der Waals surface area contributed by atoms with Gasteiger partial charge >= 0.3 is 5.97 Å². The lowest BCUT2D eigenvalue weighted by Gasteiger charge is -2.13. The van der Waals surface area contributed by atoms with Crippen LogP contribution < -0.4 is 9.47 Å². The summed E-state index contributed by atoms with van der Waals surface area (Å²) in [6.07, 6.45) is 3.12. The molecule has 1 heterocycles. The maximum Gasteiger partial charge on any atom is 0.363 e. The highest BCUT2D eigenvalue weighted by molar-refractivity contribution is 9.10. The van der Waals surface area contributed by atoms with E-state index in [9.17, 15) is 14.9 Å². The third-order valence-electron chi connectivity index (χ3n) is 3.99. The van der Waals surface area contributed by atoms with Gasteiger partial charge in [0.05, 0.1) is 26.6 Å². The van der Waals surface area contributed by atoms with Crippen molar-refractivity contribution in [2.45, 2.75) is 6.92 Å². The summed E-state index contributed by atoms with van der Waals surface area (Å²) in [5.74, 6) is 0.159. The number of aliphatic imine (C=N–C) groups is 1. The minimum Gasteiger partial charge on any atom is -0.490 e. The third-order valence-corrected chi connectivity index (χ3v) is 4.91. The number of rotatable bonds is 8. The number of carbonyl (C=O) groups is 1. The molecule has 0 spiro atoms. The molecule has 160 valence electrons. The number of nitrogens with zero attached hydrogens (tertiary/aromatic N) is 2. The molecule has 0 saturated heterocycles. The molecule has 0 fully saturated rings. The molecule has 2 aromatic carbocycles. The molecule has 0 N–H and O–H groups in total. The van der Waals surface area contributed by atoms with Crippen molar-refractivity contribution >= 4 is 51.2 Å². The van der Waals surface area contributed by atoms with E-state index in [1.165, 1.54) is 24.3 Å². The van der Waals surface area contributed by atoms with Crippen molar-refractivity contribution in [3.05, 3.63) is 79.4 Å². The third kappa shape index (κ3) is 5.12. The summed E-state index contributed by atoms with van der Waals surface area (Å²) >= 11 is 9.55. The predicted octanol–water partition coefficient (Wildman–Crippen LogP) is 5.32. The van der Waals surface area contributed by atoms with Crippen molar-refractivity contribution in [2.24, 2.45) is 4.99 Å². The second kappa shape index (κ2) is 9.76. The van der Waals surface area contributed by atoms with Crippen LogP contribution in [0.3, 0.4) is 0 Å². The van der Waals surface area contributed by atoms with E-state index in [1.807, 2.05) is 6.92 Å². The minimum atomic E-state index is -0.710. The lowest BCUT2D eigenvalue weighted by atomic mass is 10.1. The standard InChI is InChI=1S/C21H16BrClN2O6/c1-3-7-30-19-15(22)8-12(10-18(19)29-4-2)9-17-21(26)31-20(24-17)14-11-13(25(27)28)5-6-16(14)23/h3,5-6,8-11H,1,4,7H2,2H3/b17-9-. The number of nitro benzene ring substituents is 1. The molecule has 0 saturated carbocycles. The summed E-state index contributed by atoms with van der Waals surface area (Å²) in [7, 11) is 0. The number of benzene rings is 2. The summed E-state index contributed by atoms with van der Waals surface area (Å²) in [6, 6.07) is 7.23. The molecule has 2 aromatic rings. The van der Waals surface area contributed by atoms with Crippen LogP contribution in [0, 0.1) is 10.1 Å². The van der Waals surface area contributed by atoms with Gasteiger partial charge in [0.25, 0.3) is 5.69 Å². The Labute approximate surface area is 191 Å². The maximum absolute atomic E-state index is 12.3. The number of nitro groups is 1. The summed E-state index contributed by atoms with van der Waals surface area (Å²) in [4.78, 5) is 27.0. The zero-order chi connectivity index (χ0) is 22.5. The minimum absolute atomic E-state index is 0.00619. The van der Waals surface area contributed by atoms with Gasteiger partial charge in [-0.25, -0.2) is 9.79 Å². The number of ether oxygens (including phenoxy) is 3. The van der Waals surface area contributed by atoms with E-state index >= 15 is 0 Å². The summed E-state index contributed by atoms with van der Waals surface area (Å²) in [5, 5.41) is 11.2. The van der Waals surface area contributed by atoms with Crippen molar-refractivity contribution in [1.82, 2.24) is 0 Å². The van der Waals surface area contributed by atoms with E-state index in [-0.39, 0.29) is 27.9 Å². The zero-order valence-electron chi connectivity index (χ0n) is 16.3. The van der Waals surface area contributed by atoms with E-state index in [1.54, 1.807) is 18.2 Å². The van der Waals surface area contributed by atoms with Gasteiger partial charge < -0.3 is 14.2 Å². The molecule has 0 aliphatic carbocycles. The molecule has 0 atom stereocenters. The second-order valence-corrected chi connectivity index (χ2v) is 7.38. The normalized spacial score (nSPS) is 14.2. The van der Waals surface area contributed by atoms with Crippen LogP contribution in [0.1, 0.15) is 18.1 Å². The molecule has 31 heavy (non-hydrogen) atoms. The Hall–Kier alpha value is -3.17. The molecule has 8 nitrogen and oxygen atoms in total. The lowest BCUT2D eigenvalue weighted by molar-refractivity contribution is -0.384. The zero-order valence-corrected chi connectivity index (χ0v) is 18.6. The number of hydrogen-bond donors (Lipinski definition) is 0. The Kier molecular flexibility index (Phi) is 7.09. The van der Waals surface area contributed by atoms with Crippen LogP contribution in [-0.2, 0) is 9.53 Å². The van der Waals surface area contributed by atoms with E-state index in [4.69, 9.17) is 25.8 Å². The van der Waals surface area contributed by atoms with E-state index in [0.717, 1.165) is 0 Å². The highest BCUT2D eigenvalue weighted by Gasteiger charge is 2.27. The van der Waals surface area contributed by atoms with E-state index in [2.05, 4.69) is 27.5 Å². The number of halogens is 2. The van der Waals surface area contributed by atoms with Gasteiger partial charge in [0.1, 0.15) is 6.61 Å². The van der Waals surface area contributed by atoms with Gasteiger partial charge in [-0.2, -0.15) is 0 Å². The number of esters is 1. The SMILES string of the molecule is C=CCOc1c(Br)cc(/C=C2\N=C(c3cc([N+](=O)[O-])ccc3Cl)OC2=O)cc1OCC. The molecule has 0 radical (unpaired) electrons. The fourth-order valence-electron chi connectivity index (χ4n) is 2.69. The summed E-state index contributed by atoms with van der Waals surface area (Å²) in [5.41, 5.74) is 0.558. The van der Waals surface area contributed by atoms with Gasteiger partial charge in [0, 0.05) is 12.1 Å². The quantitative estimate of drug-likeness (QED) is 0.158. The maximum atomic E-state index is 12.3. The Morgan fingerprint density at radius 3 is 2.77 bits per heavy atom. The monoisotopic (exact) mass is 506 g/mol. The smallest absolute Gasteiger partial charge is 0.363 e. The van der Waals surface area contributed by atoms with Gasteiger partial charge in [0.15, 0.2) is 17.2 Å². The molecular weight excluding hydrogens is 492 g/mol. The van der Waals surface area contributed by atoms with Crippen molar-refractivity contribution < 1.29 is 23.9 Å². The average molecular weight is 508 g/mol. The molecular formula is C21H16BrClN2O6. The van der Waals surface area contributed by atoms with Crippen LogP contribution in [0.15, 0.2) is 58.1 Å². The van der Waals surface area contributed by atoms with Crippen molar-refractivity contribution in [3.63, 3.8) is 0 Å². The van der Waals surface area contributed by atoms with Gasteiger partial charge in [-0.15, -0.1) is 0 Å². The molecule has 0 aromatic heterocycles. The molecule has 1 aliphatic heterocycles. The molecule has 10 heteroatoms. The highest BCUT2D eigenvalue weighted by atomic mass is 79.9. The molecule has 0 unspecified atom stereocenters. The average Bonchev–Trinajstić information content (AvgIpc) is 3.08. The van der Waals surface area contributed by atoms with Crippen molar-refractivity contribution in [2.75, 3.05) is 13.2 Å². The van der Waals surface area contributed by atoms with Crippen LogP contribution >= 0.6 is 27.5 Å². The van der Waals surface area contributed by atoms with E-state index in [0.29, 0.717) is 34.7 Å². The predicted molar refractivity (Wildman–Crippen MR) is 120 cm³/mol. The molecule has 1 aliphatic rings. The van der Waals surface area contributed by atoms with Gasteiger partial charge in [-0.05, 0) is 52.7 Å². The largest absolute Gasteiger partial charge is 0.490 e. The van der Waals surface area contributed by atoms with Crippen molar-refractivity contribution in [1.29, 1.82) is 0 Å². The Balaban J connectivity index is 1.99. The fourth-order valence-corrected chi connectivity index (χ4v) is 3.46. The fraction of sp³-hybridized carbons (Fsp3) is 0.143. The Morgan fingerprint density at radius 2 is 2.10 bits per heavy atom. The second-order valence-electron chi connectivity index (χ2n) is 6.12. The van der Waals surface area contributed by atoms with Crippen LogP contribution in [0.2, 0.25) is 5.02 Å². The van der Waals surface area contributed by atoms with Crippen LogP contribution in [0.4, 0.5) is 5.69 Å². The van der Waals surface area contributed by atoms with Crippen LogP contribution in [-0.4, -0.2) is 30.0 Å². The van der Waals surface area contributed by atoms with Crippen LogP contribution in [0.5, 0.6) is 11.5 Å². The lowest BCUT2D eigenvalue weighted by Crippen LogP contribution is -2.06. The first-order valence-electron chi connectivity index (χ1n) is 9.01. The van der Waals surface area contributed by atoms with Crippen LogP contribution in [0.25, 0.3) is 6.08 Å². The topological polar surface area (TPSA) is 100 Å². The first-order chi connectivity index (χ1) is 14.8. The van der Waals surface area contributed by atoms with Gasteiger partial charge in [0.2, 0.25) is 5.90 Å². The number of hydrogen-bond acceptors (Lipinski definition) is 7. The summed E-state index contributed by atoms with van der Waals surface area (Å²) < 4.78 is 17.1. The van der Waals surface area contributed by atoms with Gasteiger partial charge in [-0.1, -0.05) is 24.3 Å². The Bertz CT molecular complexity index is 1130. The highest BCUT2D eigenvalue weighted by Crippen LogP contribution is 2.38. The number of cyclic esters (lactones) is 1. The first-order valence-corrected chi connectivity index (χ1v) is 10.2. The number of carbonyl (C=O) groups excluding carboxylic acids is 1. The van der Waals surface area contributed by atoms with E-state index < -0.39 is 10.9 Å². The molecule has 3 rings (SSSR count). The van der Waals surface area contributed by atoms with Gasteiger partial charge in [-0.3, -0.25) is 10.1 Å². The van der Waals surface area contributed by atoms with Crippen molar-refractivity contribution in [3.8, 4) is 11.5 Å². The Morgan fingerprint density at radius 1 is 1.32 bits per heavy atom. The first kappa shape index (κ1) is 22.5. The summed E-state index contributed by atoms with van der Waals surface area (Å²) in [6.45, 7) is 6.17. The number of non-ortho nitro benzene ring substituents is 1. The molecule has 0 amide bonds.